The maximum Gasteiger partial charge on any atom is 0.276 e. The van der Waals surface area contributed by atoms with Gasteiger partial charge in [0.15, 0.2) is 5.69 Å². The van der Waals surface area contributed by atoms with E-state index in [1.54, 1.807) is 36.2 Å². The molecule has 0 spiro atoms. The van der Waals surface area contributed by atoms with Crippen LogP contribution in [0.5, 0.6) is 5.75 Å². The SMILES string of the molecule is COc1cc(Br)cc(-c2cc(C(=O)N3CNC(=O)C3)nn2-c2ccnc(Cl)c2)c1. The minimum atomic E-state index is -0.342. The van der Waals surface area contributed by atoms with E-state index in [9.17, 15) is 9.59 Å². The van der Waals surface area contributed by atoms with Crippen LogP contribution in [0.4, 0.5) is 0 Å². The molecule has 8 nitrogen and oxygen atoms in total. The maximum atomic E-state index is 12.9. The zero-order chi connectivity index (χ0) is 20.5. The van der Waals surface area contributed by atoms with Gasteiger partial charge in [0.25, 0.3) is 5.91 Å². The van der Waals surface area contributed by atoms with Crippen LogP contribution in [0.25, 0.3) is 16.9 Å². The van der Waals surface area contributed by atoms with Gasteiger partial charge in [-0.05, 0) is 30.3 Å². The summed E-state index contributed by atoms with van der Waals surface area (Å²) in [5.41, 5.74) is 2.30. The molecule has 1 aliphatic rings. The first kappa shape index (κ1) is 19.4. The maximum absolute atomic E-state index is 12.9. The number of hydrogen-bond acceptors (Lipinski definition) is 5. The second-order valence-corrected chi connectivity index (χ2v) is 7.61. The fraction of sp³-hybridized carbons (Fsp3) is 0.158. The Morgan fingerprint density at radius 1 is 1.28 bits per heavy atom. The molecule has 148 valence electrons. The number of halogens is 2. The van der Waals surface area contributed by atoms with Crippen molar-refractivity contribution in [1.82, 2.24) is 25.0 Å². The van der Waals surface area contributed by atoms with E-state index in [2.05, 4.69) is 31.3 Å². The molecular formula is C19H15BrClN5O3. The Kier molecular flexibility index (Phi) is 5.25. The normalized spacial score (nSPS) is 13.5. The Labute approximate surface area is 179 Å². The fourth-order valence-corrected chi connectivity index (χ4v) is 3.66. The standard InChI is InChI=1S/C19H15BrClN5O3/c1-29-14-5-11(4-12(20)6-14)16-8-15(19(28)25-9-18(27)23-10-25)24-26(16)13-2-3-22-17(21)7-13/h2-8H,9-10H2,1H3,(H,23,27). The number of aromatic nitrogens is 3. The van der Waals surface area contributed by atoms with Crippen molar-refractivity contribution < 1.29 is 14.3 Å². The molecule has 2 aromatic heterocycles. The minimum absolute atomic E-state index is 0.00677. The molecule has 0 bridgehead atoms. The molecule has 0 saturated carbocycles. The summed E-state index contributed by atoms with van der Waals surface area (Å²) in [4.78, 5) is 29.7. The van der Waals surface area contributed by atoms with Crippen LogP contribution in [0.2, 0.25) is 5.15 Å². The largest absolute Gasteiger partial charge is 0.497 e. The number of carbonyl (C=O) groups excluding carboxylic acids is 2. The van der Waals surface area contributed by atoms with Crippen molar-refractivity contribution in [1.29, 1.82) is 0 Å². The van der Waals surface area contributed by atoms with E-state index in [4.69, 9.17) is 16.3 Å². The lowest BCUT2D eigenvalue weighted by Gasteiger charge is -2.10. The second kappa shape index (κ2) is 7.84. The summed E-state index contributed by atoms with van der Waals surface area (Å²) in [6, 6.07) is 10.7. The van der Waals surface area contributed by atoms with Crippen molar-refractivity contribution in [3.8, 4) is 22.7 Å². The van der Waals surface area contributed by atoms with Crippen LogP contribution in [-0.4, -0.2) is 51.8 Å². The van der Waals surface area contributed by atoms with Gasteiger partial charge in [-0.1, -0.05) is 27.5 Å². The molecule has 0 atom stereocenters. The van der Waals surface area contributed by atoms with Gasteiger partial charge in [0.2, 0.25) is 5.91 Å². The van der Waals surface area contributed by atoms with Crippen molar-refractivity contribution in [3.63, 3.8) is 0 Å². The number of pyridine rings is 1. The van der Waals surface area contributed by atoms with E-state index in [0.717, 1.165) is 10.0 Å². The van der Waals surface area contributed by atoms with Gasteiger partial charge < -0.3 is 15.0 Å². The summed E-state index contributed by atoms with van der Waals surface area (Å²) in [5, 5.41) is 7.42. The number of ether oxygens (including phenoxy) is 1. The average Bonchev–Trinajstić information content (AvgIpc) is 3.33. The summed E-state index contributed by atoms with van der Waals surface area (Å²) in [6.45, 7) is 0.165. The highest BCUT2D eigenvalue weighted by Crippen LogP contribution is 2.31. The zero-order valence-electron chi connectivity index (χ0n) is 15.2. The highest BCUT2D eigenvalue weighted by Gasteiger charge is 2.27. The first-order chi connectivity index (χ1) is 13.9. The van der Waals surface area contributed by atoms with Crippen LogP contribution in [0.15, 0.2) is 47.1 Å². The van der Waals surface area contributed by atoms with Crippen LogP contribution in [0, 0.1) is 0 Å². The molecule has 3 heterocycles. The molecule has 0 aliphatic carbocycles. The molecular weight excluding hydrogens is 462 g/mol. The van der Waals surface area contributed by atoms with E-state index in [0.29, 0.717) is 22.3 Å². The van der Waals surface area contributed by atoms with Gasteiger partial charge in [-0.2, -0.15) is 5.10 Å². The van der Waals surface area contributed by atoms with Crippen molar-refractivity contribution >= 4 is 39.3 Å². The third-order valence-electron chi connectivity index (χ3n) is 4.37. The molecule has 29 heavy (non-hydrogen) atoms. The molecule has 1 saturated heterocycles. The topological polar surface area (TPSA) is 89.4 Å². The van der Waals surface area contributed by atoms with Gasteiger partial charge in [0.05, 0.1) is 25.2 Å². The van der Waals surface area contributed by atoms with E-state index >= 15 is 0 Å². The van der Waals surface area contributed by atoms with Crippen molar-refractivity contribution in [2.24, 2.45) is 0 Å². The van der Waals surface area contributed by atoms with Crippen molar-refractivity contribution in [2.45, 2.75) is 0 Å². The third kappa shape index (κ3) is 3.96. The Balaban J connectivity index is 1.84. The molecule has 4 rings (SSSR count). The van der Waals surface area contributed by atoms with Gasteiger partial charge in [-0.3, -0.25) is 9.59 Å². The van der Waals surface area contributed by atoms with Gasteiger partial charge in [-0.25, -0.2) is 9.67 Å². The molecule has 0 unspecified atom stereocenters. The monoisotopic (exact) mass is 475 g/mol. The number of nitrogens with one attached hydrogen (secondary N) is 1. The number of methoxy groups -OCH3 is 1. The van der Waals surface area contributed by atoms with Crippen molar-refractivity contribution in [2.75, 3.05) is 20.3 Å². The summed E-state index contributed by atoms with van der Waals surface area (Å²) in [6.07, 6.45) is 1.56. The number of carbonyl (C=O) groups is 2. The highest BCUT2D eigenvalue weighted by molar-refractivity contribution is 9.10. The predicted octanol–water partition coefficient (Wildman–Crippen LogP) is 2.89. The number of hydrogen-bond donors (Lipinski definition) is 1. The summed E-state index contributed by atoms with van der Waals surface area (Å²) < 4.78 is 7.79. The van der Waals surface area contributed by atoms with Crippen LogP contribution < -0.4 is 10.1 Å². The Bertz CT molecular complexity index is 1120. The Morgan fingerprint density at radius 3 is 2.79 bits per heavy atom. The summed E-state index contributed by atoms with van der Waals surface area (Å²) in [5.74, 6) is 0.109. The number of nitrogens with zero attached hydrogens (tertiary/aromatic N) is 4. The van der Waals surface area contributed by atoms with Gasteiger partial charge >= 0.3 is 0 Å². The van der Waals surface area contributed by atoms with Crippen LogP contribution in [-0.2, 0) is 4.79 Å². The van der Waals surface area contributed by atoms with Gasteiger partial charge in [-0.15, -0.1) is 0 Å². The van der Waals surface area contributed by atoms with Crippen LogP contribution in [0.3, 0.4) is 0 Å². The van der Waals surface area contributed by atoms with Crippen molar-refractivity contribution in [3.05, 3.63) is 57.9 Å². The molecule has 1 aromatic carbocycles. The lowest BCUT2D eigenvalue weighted by molar-refractivity contribution is -0.118. The predicted molar refractivity (Wildman–Crippen MR) is 110 cm³/mol. The smallest absolute Gasteiger partial charge is 0.276 e. The van der Waals surface area contributed by atoms with E-state index < -0.39 is 0 Å². The van der Waals surface area contributed by atoms with Gasteiger partial charge in [0.1, 0.15) is 17.4 Å². The van der Waals surface area contributed by atoms with Gasteiger partial charge in [0, 0.05) is 22.3 Å². The number of rotatable bonds is 4. The lowest BCUT2D eigenvalue weighted by Crippen LogP contribution is -2.30. The molecule has 1 N–H and O–H groups in total. The molecule has 0 radical (unpaired) electrons. The number of amides is 2. The molecule has 1 aliphatic heterocycles. The molecule has 3 aromatic rings. The quantitative estimate of drug-likeness (QED) is 0.585. The molecule has 1 fully saturated rings. The summed E-state index contributed by atoms with van der Waals surface area (Å²) in [7, 11) is 1.58. The minimum Gasteiger partial charge on any atom is -0.497 e. The molecule has 10 heteroatoms. The number of benzene rings is 1. The fourth-order valence-electron chi connectivity index (χ4n) is 3.01. The Morgan fingerprint density at radius 2 is 2.10 bits per heavy atom. The van der Waals surface area contributed by atoms with E-state index in [1.165, 1.54) is 4.90 Å². The average molecular weight is 477 g/mol. The van der Waals surface area contributed by atoms with E-state index in [1.807, 2.05) is 18.2 Å². The highest BCUT2D eigenvalue weighted by atomic mass is 79.9. The Hall–Kier alpha value is -2.91. The first-order valence-electron chi connectivity index (χ1n) is 8.57. The first-order valence-corrected chi connectivity index (χ1v) is 9.74. The third-order valence-corrected chi connectivity index (χ3v) is 5.04. The lowest BCUT2D eigenvalue weighted by atomic mass is 10.1. The molecule has 2 amide bonds. The van der Waals surface area contributed by atoms with Crippen LogP contribution >= 0.6 is 27.5 Å². The summed E-state index contributed by atoms with van der Waals surface area (Å²) >= 11 is 9.53. The van der Waals surface area contributed by atoms with E-state index in [-0.39, 0.29) is 30.7 Å². The van der Waals surface area contributed by atoms with Crippen LogP contribution in [0.1, 0.15) is 10.5 Å². The second-order valence-electron chi connectivity index (χ2n) is 6.30. The zero-order valence-corrected chi connectivity index (χ0v) is 17.6.